The molecule has 2 aliphatic rings. The number of fused-ring (bicyclic) bond motifs is 1. The number of Topliss-reactive ketones (excluding diaryl/α,β-unsaturated/α-hetero) is 1. The van der Waals surface area contributed by atoms with Crippen molar-refractivity contribution in [3.63, 3.8) is 0 Å². The first-order valence-electron chi connectivity index (χ1n) is 6.33. The lowest BCUT2D eigenvalue weighted by molar-refractivity contribution is 0.103. The van der Waals surface area contributed by atoms with Crippen molar-refractivity contribution in [3.05, 3.63) is 57.5 Å². The molecule has 0 fully saturated rings. The van der Waals surface area contributed by atoms with Gasteiger partial charge in [0.15, 0.2) is 5.78 Å². The van der Waals surface area contributed by atoms with Crippen molar-refractivity contribution in [1.29, 1.82) is 0 Å². The summed E-state index contributed by atoms with van der Waals surface area (Å²) in [4.78, 5) is 13.8. The standard InChI is InChI=1S/C16H16O2S/c1-10-7-14-9-19(14)11(2)15(10)16(18)13-5-3-12(8-17)4-6-13/h3-7,9,14,17H,8H2,1-2H3. The average molecular weight is 272 g/mol. The summed E-state index contributed by atoms with van der Waals surface area (Å²) in [5.74, 6) is 0.0991. The molecule has 0 spiro atoms. The smallest absolute Gasteiger partial charge is 0.194 e. The fourth-order valence-corrected chi connectivity index (χ4v) is 4.42. The van der Waals surface area contributed by atoms with E-state index in [4.69, 9.17) is 5.11 Å². The normalized spacial score (nSPS) is 24.5. The highest BCUT2D eigenvalue weighted by Crippen LogP contribution is 2.49. The van der Waals surface area contributed by atoms with Crippen LogP contribution in [0.4, 0.5) is 0 Å². The van der Waals surface area contributed by atoms with Crippen LogP contribution in [0, 0.1) is 0 Å². The van der Waals surface area contributed by atoms with Crippen molar-refractivity contribution >= 4 is 21.6 Å². The van der Waals surface area contributed by atoms with Crippen LogP contribution in [0.25, 0.3) is 0 Å². The van der Waals surface area contributed by atoms with Crippen LogP contribution in [0.5, 0.6) is 0 Å². The predicted octanol–water partition coefficient (Wildman–Crippen LogP) is 3.05. The summed E-state index contributed by atoms with van der Waals surface area (Å²) < 4.78 is 0. The Morgan fingerprint density at radius 3 is 2.58 bits per heavy atom. The lowest BCUT2D eigenvalue weighted by atomic mass is 9.96. The molecule has 2 atom stereocenters. The van der Waals surface area contributed by atoms with Gasteiger partial charge in [0.25, 0.3) is 0 Å². The van der Waals surface area contributed by atoms with Crippen LogP contribution in [0.1, 0.15) is 29.8 Å². The second-order valence-electron chi connectivity index (χ2n) is 4.94. The molecule has 1 aromatic carbocycles. The maximum Gasteiger partial charge on any atom is 0.194 e. The van der Waals surface area contributed by atoms with Gasteiger partial charge in [0.05, 0.1) is 6.61 Å². The SMILES string of the molecule is CC1=CC2C=S2C(C)=C1C(=O)c1ccc(CO)cc1. The Balaban J connectivity index is 1.97. The number of aliphatic hydroxyl groups is 1. The van der Waals surface area contributed by atoms with E-state index >= 15 is 0 Å². The summed E-state index contributed by atoms with van der Waals surface area (Å²) in [6, 6.07) is 7.21. The molecule has 0 saturated heterocycles. The second kappa shape index (κ2) is 4.58. The van der Waals surface area contributed by atoms with E-state index in [2.05, 4.69) is 18.4 Å². The maximum atomic E-state index is 12.6. The quantitative estimate of drug-likeness (QED) is 0.678. The molecule has 3 rings (SSSR count). The molecule has 0 radical (unpaired) electrons. The van der Waals surface area contributed by atoms with E-state index < -0.39 is 0 Å². The Morgan fingerprint density at radius 1 is 1.26 bits per heavy atom. The number of allylic oxidation sites excluding steroid dienone is 3. The van der Waals surface area contributed by atoms with Crippen molar-refractivity contribution in [2.24, 2.45) is 0 Å². The summed E-state index contributed by atoms with van der Waals surface area (Å²) in [6.45, 7) is 4.10. The minimum Gasteiger partial charge on any atom is -0.392 e. The van der Waals surface area contributed by atoms with Crippen molar-refractivity contribution in [2.75, 3.05) is 0 Å². The molecule has 0 aliphatic carbocycles. The Hall–Kier alpha value is -1.45. The van der Waals surface area contributed by atoms with Gasteiger partial charge in [-0.25, -0.2) is 0 Å². The van der Waals surface area contributed by atoms with Crippen LogP contribution in [0.15, 0.2) is 46.4 Å². The Bertz CT molecular complexity index is 648. The summed E-state index contributed by atoms with van der Waals surface area (Å²) in [7, 11) is 0.198. The van der Waals surface area contributed by atoms with Gasteiger partial charge in [0, 0.05) is 16.4 Å². The average Bonchev–Trinajstić information content (AvgIpc) is 3.18. The third kappa shape index (κ3) is 2.13. The second-order valence-corrected chi connectivity index (χ2v) is 7.11. The Morgan fingerprint density at radius 2 is 1.95 bits per heavy atom. The number of carbonyl (C=O) groups excluding carboxylic acids is 1. The number of rotatable bonds is 3. The summed E-state index contributed by atoms with van der Waals surface area (Å²) >= 11 is 0. The molecule has 0 bridgehead atoms. The first-order valence-corrected chi connectivity index (χ1v) is 7.68. The van der Waals surface area contributed by atoms with Gasteiger partial charge in [-0.15, -0.1) is 10.5 Å². The first kappa shape index (κ1) is 12.6. The van der Waals surface area contributed by atoms with Gasteiger partial charge in [-0.05, 0) is 35.3 Å². The van der Waals surface area contributed by atoms with Gasteiger partial charge >= 0.3 is 0 Å². The van der Waals surface area contributed by atoms with Crippen LogP contribution in [-0.2, 0) is 6.61 Å². The van der Waals surface area contributed by atoms with E-state index in [9.17, 15) is 4.79 Å². The van der Waals surface area contributed by atoms with E-state index in [0.29, 0.717) is 10.8 Å². The van der Waals surface area contributed by atoms with Gasteiger partial charge < -0.3 is 5.11 Å². The topological polar surface area (TPSA) is 37.3 Å². The molecule has 98 valence electrons. The summed E-state index contributed by atoms with van der Waals surface area (Å²) in [5, 5.41) is 11.9. The van der Waals surface area contributed by atoms with Crippen molar-refractivity contribution < 1.29 is 9.90 Å². The fraction of sp³-hybridized carbons (Fsp3) is 0.250. The van der Waals surface area contributed by atoms with Gasteiger partial charge in [0.1, 0.15) is 0 Å². The zero-order valence-electron chi connectivity index (χ0n) is 11.0. The van der Waals surface area contributed by atoms with Gasteiger partial charge in [-0.3, -0.25) is 4.79 Å². The Kier molecular flexibility index (Phi) is 3.03. The van der Waals surface area contributed by atoms with Gasteiger partial charge in [-0.1, -0.05) is 30.3 Å². The molecule has 0 saturated carbocycles. The molecular weight excluding hydrogens is 256 g/mol. The number of hydrogen-bond donors (Lipinski definition) is 1. The molecule has 0 aromatic heterocycles. The number of hydrogen-bond acceptors (Lipinski definition) is 2. The van der Waals surface area contributed by atoms with Crippen molar-refractivity contribution in [1.82, 2.24) is 0 Å². The molecular formula is C16H16O2S. The number of carbonyl (C=O) groups is 1. The number of ketones is 1. The predicted molar refractivity (Wildman–Crippen MR) is 80.6 cm³/mol. The highest BCUT2D eigenvalue weighted by Gasteiger charge is 2.31. The van der Waals surface area contributed by atoms with Crippen LogP contribution in [-0.4, -0.2) is 21.5 Å². The van der Waals surface area contributed by atoms with Crippen LogP contribution in [0.3, 0.4) is 0 Å². The zero-order chi connectivity index (χ0) is 13.6. The highest BCUT2D eigenvalue weighted by atomic mass is 32.2. The fourth-order valence-electron chi connectivity index (χ4n) is 2.50. The third-order valence-electron chi connectivity index (χ3n) is 3.64. The lowest BCUT2D eigenvalue weighted by Gasteiger charge is -2.16. The van der Waals surface area contributed by atoms with E-state index in [-0.39, 0.29) is 22.9 Å². The third-order valence-corrected chi connectivity index (χ3v) is 5.68. The van der Waals surface area contributed by atoms with E-state index in [1.807, 2.05) is 6.92 Å². The van der Waals surface area contributed by atoms with Crippen LogP contribution < -0.4 is 0 Å². The highest BCUT2D eigenvalue weighted by molar-refractivity contribution is 8.27. The molecule has 2 nitrogen and oxygen atoms in total. The molecule has 3 heteroatoms. The zero-order valence-corrected chi connectivity index (χ0v) is 11.8. The maximum absolute atomic E-state index is 12.6. The molecule has 2 unspecified atom stereocenters. The minimum atomic E-state index is 0.00915. The van der Waals surface area contributed by atoms with Gasteiger partial charge in [0.2, 0.25) is 0 Å². The molecule has 1 aromatic rings. The molecule has 0 amide bonds. The monoisotopic (exact) mass is 272 g/mol. The minimum absolute atomic E-state index is 0.00915. The number of benzene rings is 1. The van der Waals surface area contributed by atoms with Crippen molar-refractivity contribution in [2.45, 2.75) is 25.7 Å². The molecule has 2 heterocycles. The molecule has 19 heavy (non-hydrogen) atoms. The molecule has 1 N–H and O–H groups in total. The molecule has 2 aliphatic heterocycles. The van der Waals surface area contributed by atoms with Crippen LogP contribution >= 0.6 is 10.5 Å². The Labute approximate surface area is 115 Å². The number of aliphatic hydroxyl groups excluding tert-OH is 1. The first-order chi connectivity index (χ1) is 9.11. The van der Waals surface area contributed by atoms with Crippen LogP contribution in [0.2, 0.25) is 0 Å². The van der Waals surface area contributed by atoms with Crippen molar-refractivity contribution in [3.8, 4) is 0 Å². The van der Waals surface area contributed by atoms with E-state index in [1.165, 1.54) is 4.91 Å². The largest absolute Gasteiger partial charge is 0.392 e. The summed E-state index contributed by atoms with van der Waals surface area (Å²) in [6.07, 6.45) is 2.20. The van der Waals surface area contributed by atoms with Gasteiger partial charge in [-0.2, -0.15) is 0 Å². The van der Waals surface area contributed by atoms with E-state index in [1.54, 1.807) is 24.3 Å². The van der Waals surface area contributed by atoms with E-state index in [0.717, 1.165) is 16.7 Å². The summed E-state index contributed by atoms with van der Waals surface area (Å²) in [5.41, 5.74) is 3.50. The lowest BCUT2D eigenvalue weighted by Crippen LogP contribution is -2.09.